The normalized spacial score (nSPS) is 10.9. The summed E-state index contributed by atoms with van der Waals surface area (Å²) in [7, 11) is 0. The minimum absolute atomic E-state index is 0.0648. The van der Waals surface area contributed by atoms with Gasteiger partial charge in [0, 0.05) is 12.1 Å². The van der Waals surface area contributed by atoms with Gasteiger partial charge in [0.2, 0.25) is 0 Å². The van der Waals surface area contributed by atoms with E-state index >= 15 is 0 Å². The van der Waals surface area contributed by atoms with E-state index in [1.54, 1.807) is 0 Å². The van der Waals surface area contributed by atoms with Crippen LogP contribution in [0.25, 0.3) is 11.0 Å². The number of rotatable bonds is 5. The number of nitrogens with zero attached hydrogens (tertiary/aromatic N) is 1. The highest BCUT2D eigenvalue weighted by molar-refractivity contribution is 7.12. The van der Waals surface area contributed by atoms with Gasteiger partial charge >= 0.3 is 0 Å². The average molecular weight is 347 g/mol. The fraction of sp³-hybridized carbons (Fsp3) is 0.100. The Morgan fingerprint density at radius 1 is 1.00 bits per heavy atom. The molecule has 25 heavy (non-hydrogen) atoms. The monoisotopic (exact) mass is 347 g/mol. The summed E-state index contributed by atoms with van der Waals surface area (Å²) in [6, 6.07) is 19.7. The molecule has 0 saturated carbocycles. The molecule has 0 fully saturated rings. The van der Waals surface area contributed by atoms with Crippen molar-refractivity contribution in [3.8, 4) is 0 Å². The zero-order chi connectivity index (χ0) is 17.1. The lowest BCUT2D eigenvalue weighted by Crippen LogP contribution is -2.09. The first kappa shape index (κ1) is 15.6. The number of anilines is 1. The van der Waals surface area contributed by atoms with Crippen LogP contribution in [0.2, 0.25) is 0 Å². The molecule has 2 aromatic heterocycles. The number of imidazole rings is 1. The summed E-state index contributed by atoms with van der Waals surface area (Å²) in [6.07, 6.45) is 1.76. The van der Waals surface area contributed by atoms with Gasteiger partial charge in [-0.3, -0.25) is 4.79 Å². The van der Waals surface area contributed by atoms with E-state index in [-0.39, 0.29) is 5.91 Å². The van der Waals surface area contributed by atoms with Crippen molar-refractivity contribution in [3.63, 3.8) is 0 Å². The molecule has 0 spiro atoms. The second-order valence-electron chi connectivity index (χ2n) is 5.83. The van der Waals surface area contributed by atoms with Gasteiger partial charge in [0.15, 0.2) is 0 Å². The molecule has 2 N–H and O–H groups in total. The van der Waals surface area contributed by atoms with E-state index in [0.29, 0.717) is 4.88 Å². The smallest absolute Gasteiger partial charge is 0.265 e. The van der Waals surface area contributed by atoms with Crippen LogP contribution in [0.1, 0.15) is 21.1 Å². The van der Waals surface area contributed by atoms with Crippen LogP contribution in [0, 0.1) is 0 Å². The molecule has 0 unspecified atom stereocenters. The molecule has 0 aliphatic carbocycles. The highest BCUT2D eigenvalue weighted by atomic mass is 32.1. The van der Waals surface area contributed by atoms with Gasteiger partial charge in [-0.2, -0.15) is 0 Å². The van der Waals surface area contributed by atoms with E-state index in [1.807, 2.05) is 66.0 Å². The standard InChI is InChI=1S/C20H17N3OS/c24-20(18-6-3-13-25-18)21-15-10-7-14(8-11-15)9-12-19-22-16-4-1-2-5-17(16)23-19/h1-8,10-11,13H,9,12H2,(H,21,24)(H,22,23). The van der Waals surface area contributed by atoms with Crippen LogP contribution in [0.4, 0.5) is 5.69 Å². The number of aromatic amines is 1. The predicted molar refractivity (Wildman–Crippen MR) is 102 cm³/mol. The first-order valence-corrected chi connectivity index (χ1v) is 9.03. The van der Waals surface area contributed by atoms with Gasteiger partial charge in [-0.25, -0.2) is 4.98 Å². The van der Waals surface area contributed by atoms with Crippen LogP contribution in [0.3, 0.4) is 0 Å². The summed E-state index contributed by atoms with van der Waals surface area (Å²) in [5.74, 6) is 0.932. The van der Waals surface area contributed by atoms with E-state index in [2.05, 4.69) is 15.3 Å². The average Bonchev–Trinajstić information content (AvgIpc) is 3.30. The minimum atomic E-state index is -0.0648. The zero-order valence-electron chi connectivity index (χ0n) is 13.5. The number of amides is 1. The summed E-state index contributed by atoms with van der Waals surface area (Å²) >= 11 is 1.44. The Balaban J connectivity index is 1.37. The fourth-order valence-electron chi connectivity index (χ4n) is 2.74. The lowest BCUT2D eigenvalue weighted by Gasteiger charge is -2.05. The van der Waals surface area contributed by atoms with E-state index < -0.39 is 0 Å². The number of para-hydroxylation sites is 2. The molecule has 4 nitrogen and oxygen atoms in total. The summed E-state index contributed by atoms with van der Waals surface area (Å²) in [5, 5.41) is 4.81. The van der Waals surface area contributed by atoms with Crippen molar-refractivity contribution in [2.45, 2.75) is 12.8 Å². The predicted octanol–water partition coefficient (Wildman–Crippen LogP) is 4.66. The molecule has 5 heteroatoms. The SMILES string of the molecule is O=C(Nc1ccc(CCc2nc3ccccc3[nH]2)cc1)c1cccs1. The number of carbonyl (C=O) groups is 1. The maximum atomic E-state index is 12.0. The van der Waals surface area contributed by atoms with Gasteiger partial charge in [0.1, 0.15) is 5.82 Å². The van der Waals surface area contributed by atoms with E-state index in [1.165, 1.54) is 16.9 Å². The zero-order valence-corrected chi connectivity index (χ0v) is 14.3. The summed E-state index contributed by atoms with van der Waals surface area (Å²) < 4.78 is 0. The minimum Gasteiger partial charge on any atom is -0.342 e. The molecule has 0 bridgehead atoms. The number of aromatic nitrogens is 2. The van der Waals surface area contributed by atoms with Crippen molar-refractivity contribution >= 4 is 34.0 Å². The summed E-state index contributed by atoms with van der Waals surface area (Å²) in [4.78, 5) is 20.7. The Labute approximate surface area is 149 Å². The number of hydrogen-bond acceptors (Lipinski definition) is 3. The molecule has 4 aromatic rings. The van der Waals surface area contributed by atoms with Crippen molar-refractivity contribution in [2.75, 3.05) is 5.32 Å². The van der Waals surface area contributed by atoms with Gasteiger partial charge in [-0.15, -0.1) is 11.3 Å². The van der Waals surface area contributed by atoms with Gasteiger partial charge in [-0.05, 0) is 47.7 Å². The van der Waals surface area contributed by atoms with E-state index in [0.717, 1.165) is 35.4 Å². The number of thiophene rings is 1. The molecule has 4 rings (SSSR count). The number of hydrogen-bond donors (Lipinski definition) is 2. The highest BCUT2D eigenvalue weighted by Crippen LogP contribution is 2.16. The Kier molecular flexibility index (Phi) is 4.31. The molecule has 0 aliphatic heterocycles. The van der Waals surface area contributed by atoms with Gasteiger partial charge in [0.25, 0.3) is 5.91 Å². The number of aryl methyl sites for hydroxylation is 2. The number of benzene rings is 2. The molecule has 0 aliphatic rings. The topological polar surface area (TPSA) is 57.8 Å². The van der Waals surface area contributed by atoms with Crippen LogP contribution >= 0.6 is 11.3 Å². The Bertz CT molecular complexity index is 954. The molecule has 124 valence electrons. The Morgan fingerprint density at radius 3 is 2.60 bits per heavy atom. The highest BCUT2D eigenvalue weighted by Gasteiger charge is 2.07. The third kappa shape index (κ3) is 3.61. The lowest BCUT2D eigenvalue weighted by molar-refractivity contribution is 0.103. The van der Waals surface area contributed by atoms with Crippen molar-refractivity contribution in [2.24, 2.45) is 0 Å². The molecular weight excluding hydrogens is 330 g/mol. The van der Waals surface area contributed by atoms with Crippen LogP contribution < -0.4 is 5.32 Å². The van der Waals surface area contributed by atoms with Gasteiger partial charge < -0.3 is 10.3 Å². The van der Waals surface area contributed by atoms with Crippen molar-refractivity contribution < 1.29 is 4.79 Å². The van der Waals surface area contributed by atoms with Crippen molar-refractivity contribution in [3.05, 3.63) is 82.3 Å². The largest absolute Gasteiger partial charge is 0.342 e. The summed E-state index contributed by atoms with van der Waals surface area (Å²) in [5.41, 5.74) is 4.11. The first-order valence-electron chi connectivity index (χ1n) is 8.15. The molecule has 0 saturated heterocycles. The maximum Gasteiger partial charge on any atom is 0.265 e. The molecule has 1 amide bonds. The second-order valence-corrected chi connectivity index (χ2v) is 6.78. The van der Waals surface area contributed by atoms with Gasteiger partial charge in [-0.1, -0.05) is 30.3 Å². The molecule has 2 aromatic carbocycles. The van der Waals surface area contributed by atoms with Gasteiger partial charge in [0.05, 0.1) is 15.9 Å². The number of carbonyl (C=O) groups excluding carboxylic acids is 1. The number of fused-ring (bicyclic) bond motifs is 1. The molecule has 0 atom stereocenters. The molecule has 2 heterocycles. The van der Waals surface area contributed by atoms with Crippen LogP contribution in [0.15, 0.2) is 66.0 Å². The number of nitrogens with one attached hydrogen (secondary N) is 2. The Morgan fingerprint density at radius 2 is 1.84 bits per heavy atom. The summed E-state index contributed by atoms with van der Waals surface area (Å²) in [6.45, 7) is 0. The number of H-pyrrole nitrogens is 1. The lowest BCUT2D eigenvalue weighted by atomic mass is 10.1. The third-order valence-electron chi connectivity index (χ3n) is 4.05. The van der Waals surface area contributed by atoms with E-state index in [9.17, 15) is 4.79 Å². The Hall–Kier alpha value is -2.92. The second kappa shape index (κ2) is 6.91. The van der Waals surface area contributed by atoms with Crippen LogP contribution in [-0.4, -0.2) is 15.9 Å². The molecule has 0 radical (unpaired) electrons. The van der Waals surface area contributed by atoms with Crippen LogP contribution in [0.5, 0.6) is 0 Å². The van der Waals surface area contributed by atoms with E-state index in [4.69, 9.17) is 0 Å². The maximum absolute atomic E-state index is 12.0. The first-order chi connectivity index (χ1) is 12.3. The fourth-order valence-corrected chi connectivity index (χ4v) is 3.36. The molecular formula is C20H17N3OS. The van der Waals surface area contributed by atoms with Crippen molar-refractivity contribution in [1.82, 2.24) is 9.97 Å². The quantitative estimate of drug-likeness (QED) is 0.551. The van der Waals surface area contributed by atoms with Crippen molar-refractivity contribution in [1.29, 1.82) is 0 Å². The third-order valence-corrected chi connectivity index (χ3v) is 4.91. The van der Waals surface area contributed by atoms with Crippen LogP contribution in [-0.2, 0) is 12.8 Å².